The Kier molecular flexibility index (Phi) is 5.57. The third-order valence-electron chi connectivity index (χ3n) is 3.43. The number of hydrogen-bond acceptors (Lipinski definition) is 3. The van der Waals surface area contributed by atoms with Crippen LogP contribution in [0.25, 0.3) is 0 Å². The van der Waals surface area contributed by atoms with Gasteiger partial charge in [-0.2, -0.15) is 0 Å². The van der Waals surface area contributed by atoms with Crippen LogP contribution in [0.4, 0.5) is 0 Å². The van der Waals surface area contributed by atoms with Crippen LogP contribution in [0.15, 0.2) is 30.7 Å². The molecule has 1 aromatic heterocycles. The molecule has 0 radical (unpaired) electrons. The Hall–Kier alpha value is -1.85. The minimum atomic E-state index is -0.00350. The van der Waals surface area contributed by atoms with Gasteiger partial charge in [-0.1, -0.05) is 11.6 Å². The molecule has 6 heteroatoms. The van der Waals surface area contributed by atoms with Gasteiger partial charge in [0.25, 0.3) is 5.91 Å². The monoisotopic (exact) mass is 320 g/mol. The number of aromatic nitrogens is 2. The Bertz CT molecular complexity index is 625. The van der Waals surface area contributed by atoms with Crippen LogP contribution in [0, 0.1) is 6.92 Å². The Balaban J connectivity index is 2.18. The predicted molar refractivity (Wildman–Crippen MR) is 88.1 cm³/mol. The van der Waals surface area contributed by atoms with Gasteiger partial charge in [0.05, 0.1) is 18.6 Å². The van der Waals surface area contributed by atoms with Crippen LogP contribution < -0.4 is 0 Å². The van der Waals surface area contributed by atoms with Gasteiger partial charge in [0.1, 0.15) is 0 Å². The summed E-state index contributed by atoms with van der Waals surface area (Å²) in [5, 5.41) is 0.671. The summed E-state index contributed by atoms with van der Waals surface area (Å²) in [6.07, 6.45) is 3.36. The lowest BCUT2D eigenvalue weighted by Gasteiger charge is -2.24. The molecule has 0 spiro atoms. The summed E-state index contributed by atoms with van der Waals surface area (Å²) in [6.45, 7) is 3.85. The summed E-state index contributed by atoms with van der Waals surface area (Å²) in [4.78, 5) is 23.7. The highest BCUT2D eigenvalue weighted by atomic mass is 35.5. The van der Waals surface area contributed by atoms with Gasteiger partial charge < -0.3 is 14.8 Å². The van der Waals surface area contributed by atoms with Crippen molar-refractivity contribution in [1.82, 2.24) is 19.8 Å². The van der Waals surface area contributed by atoms with Gasteiger partial charge in [0, 0.05) is 29.9 Å². The summed E-state index contributed by atoms with van der Waals surface area (Å²) in [5.41, 5.74) is 2.47. The first-order valence-corrected chi connectivity index (χ1v) is 7.52. The quantitative estimate of drug-likeness (QED) is 0.890. The van der Waals surface area contributed by atoms with Crippen LogP contribution in [0.1, 0.15) is 21.6 Å². The van der Waals surface area contributed by atoms with Crippen molar-refractivity contribution >= 4 is 17.5 Å². The Morgan fingerprint density at radius 3 is 2.68 bits per heavy atom. The van der Waals surface area contributed by atoms with Crippen molar-refractivity contribution < 1.29 is 4.79 Å². The van der Waals surface area contributed by atoms with Crippen LogP contribution in [0.5, 0.6) is 0 Å². The Labute approximate surface area is 135 Å². The molecular formula is C16H21ClN4O. The number of likely N-dealkylation sites (N-methyl/N-ethyl adjacent to an activating group) is 1. The summed E-state index contributed by atoms with van der Waals surface area (Å²) in [7, 11) is 3.98. The van der Waals surface area contributed by atoms with Gasteiger partial charge in [0.2, 0.25) is 0 Å². The minimum Gasteiger partial charge on any atom is -0.347 e. The van der Waals surface area contributed by atoms with Gasteiger partial charge in [-0.05, 0) is 44.8 Å². The zero-order chi connectivity index (χ0) is 16.1. The smallest absolute Gasteiger partial charge is 0.254 e. The maximum Gasteiger partial charge on any atom is 0.254 e. The number of aromatic amines is 1. The average molecular weight is 321 g/mol. The topological polar surface area (TPSA) is 52.2 Å². The molecule has 22 heavy (non-hydrogen) atoms. The highest BCUT2D eigenvalue weighted by molar-refractivity contribution is 6.31. The molecule has 1 N–H and O–H groups in total. The first-order chi connectivity index (χ1) is 10.5. The van der Waals surface area contributed by atoms with E-state index < -0.39 is 0 Å². The second-order valence-electron chi connectivity index (χ2n) is 5.57. The number of imidazole rings is 1. The maximum atomic E-state index is 12.8. The van der Waals surface area contributed by atoms with Crippen molar-refractivity contribution in [2.75, 3.05) is 27.2 Å². The molecule has 0 aliphatic carbocycles. The van der Waals surface area contributed by atoms with E-state index in [1.165, 1.54) is 0 Å². The summed E-state index contributed by atoms with van der Waals surface area (Å²) < 4.78 is 0. The van der Waals surface area contributed by atoms with Crippen molar-refractivity contribution in [3.05, 3.63) is 52.6 Å². The molecule has 0 fully saturated rings. The summed E-state index contributed by atoms with van der Waals surface area (Å²) in [5.74, 6) is -0.00350. The van der Waals surface area contributed by atoms with E-state index in [0.717, 1.165) is 17.8 Å². The van der Waals surface area contributed by atoms with Gasteiger partial charge >= 0.3 is 0 Å². The van der Waals surface area contributed by atoms with Gasteiger partial charge in [-0.25, -0.2) is 4.98 Å². The molecule has 1 amide bonds. The lowest BCUT2D eigenvalue weighted by molar-refractivity contribution is 0.0730. The predicted octanol–water partition coefficient (Wildman–Crippen LogP) is 2.58. The van der Waals surface area contributed by atoms with E-state index >= 15 is 0 Å². The van der Waals surface area contributed by atoms with E-state index in [-0.39, 0.29) is 5.91 Å². The summed E-state index contributed by atoms with van der Waals surface area (Å²) >= 11 is 6.04. The normalized spacial score (nSPS) is 11.0. The number of carbonyl (C=O) groups excluding carboxylic acids is 1. The number of nitrogens with one attached hydrogen (secondary N) is 1. The molecule has 0 bridgehead atoms. The first kappa shape index (κ1) is 16.5. The Morgan fingerprint density at radius 1 is 1.32 bits per heavy atom. The molecule has 0 unspecified atom stereocenters. The second kappa shape index (κ2) is 7.42. The molecule has 0 saturated carbocycles. The Morgan fingerprint density at radius 2 is 2.09 bits per heavy atom. The lowest BCUT2D eigenvalue weighted by atomic mass is 10.1. The van der Waals surface area contributed by atoms with Crippen LogP contribution >= 0.6 is 11.6 Å². The number of aryl methyl sites for hydroxylation is 1. The molecule has 1 aromatic carbocycles. The van der Waals surface area contributed by atoms with Crippen molar-refractivity contribution in [3.63, 3.8) is 0 Å². The molecule has 0 aliphatic heterocycles. The van der Waals surface area contributed by atoms with Gasteiger partial charge in [-0.3, -0.25) is 4.79 Å². The summed E-state index contributed by atoms with van der Waals surface area (Å²) in [6, 6.07) is 5.37. The number of nitrogens with zero attached hydrogens (tertiary/aromatic N) is 3. The van der Waals surface area contributed by atoms with E-state index in [4.69, 9.17) is 11.6 Å². The fourth-order valence-corrected chi connectivity index (χ4v) is 2.23. The zero-order valence-electron chi connectivity index (χ0n) is 13.1. The standard InChI is InChI=1S/C16H21ClN4O/c1-12-8-13(4-5-15(12)17)16(22)21(7-6-20(2)3)10-14-9-18-11-19-14/h4-5,8-9,11H,6-7,10H2,1-3H3,(H,18,19). The second-order valence-corrected chi connectivity index (χ2v) is 5.98. The number of benzene rings is 1. The van der Waals surface area contributed by atoms with Crippen molar-refractivity contribution in [1.29, 1.82) is 0 Å². The number of halogens is 1. The number of amides is 1. The molecule has 1 heterocycles. The molecule has 2 aromatic rings. The highest BCUT2D eigenvalue weighted by Crippen LogP contribution is 2.18. The van der Waals surface area contributed by atoms with E-state index in [9.17, 15) is 4.79 Å². The molecule has 0 aliphatic rings. The largest absolute Gasteiger partial charge is 0.347 e. The van der Waals surface area contributed by atoms with Crippen molar-refractivity contribution in [2.45, 2.75) is 13.5 Å². The van der Waals surface area contributed by atoms with E-state index in [0.29, 0.717) is 23.7 Å². The highest BCUT2D eigenvalue weighted by Gasteiger charge is 2.17. The fraction of sp³-hybridized carbons (Fsp3) is 0.375. The van der Waals surface area contributed by atoms with Crippen LogP contribution in [0.3, 0.4) is 0 Å². The van der Waals surface area contributed by atoms with Crippen LogP contribution in [-0.4, -0.2) is 52.9 Å². The number of H-pyrrole nitrogens is 1. The SMILES string of the molecule is Cc1cc(C(=O)N(CCN(C)C)Cc2cnc[nH]2)ccc1Cl. The fourth-order valence-electron chi connectivity index (χ4n) is 2.11. The average Bonchev–Trinajstić information content (AvgIpc) is 2.98. The molecule has 5 nitrogen and oxygen atoms in total. The maximum absolute atomic E-state index is 12.8. The molecule has 118 valence electrons. The third kappa shape index (κ3) is 4.32. The number of carbonyl (C=O) groups is 1. The van der Waals surface area contributed by atoms with E-state index in [1.807, 2.05) is 32.0 Å². The van der Waals surface area contributed by atoms with Crippen LogP contribution in [0.2, 0.25) is 5.02 Å². The van der Waals surface area contributed by atoms with Gasteiger partial charge in [0.15, 0.2) is 0 Å². The number of hydrogen-bond donors (Lipinski definition) is 1. The molecule has 0 saturated heterocycles. The third-order valence-corrected chi connectivity index (χ3v) is 3.85. The zero-order valence-corrected chi connectivity index (χ0v) is 13.9. The van der Waals surface area contributed by atoms with Crippen molar-refractivity contribution in [3.8, 4) is 0 Å². The van der Waals surface area contributed by atoms with Crippen molar-refractivity contribution in [2.24, 2.45) is 0 Å². The molecule has 0 atom stereocenters. The van der Waals surface area contributed by atoms with E-state index in [2.05, 4.69) is 14.9 Å². The van der Waals surface area contributed by atoms with E-state index in [1.54, 1.807) is 24.7 Å². The lowest BCUT2D eigenvalue weighted by Crippen LogP contribution is -2.36. The molecular weight excluding hydrogens is 300 g/mol. The van der Waals surface area contributed by atoms with Gasteiger partial charge in [-0.15, -0.1) is 0 Å². The minimum absolute atomic E-state index is 0.00350. The number of rotatable bonds is 6. The molecule has 2 rings (SSSR count). The van der Waals surface area contributed by atoms with Crippen LogP contribution in [-0.2, 0) is 6.54 Å². The first-order valence-electron chi connectivity index (χ1n) is 7.15.